The Morgan fingerprint density at radius 3 is 2.68 bits per heavy atom. The third-order valence-corrected chi connectivity index (χ3v) is 7.11. The molecule has 0 radical (unpaired) electrons. The van der Waals surface area contributed by atoms with E-state index >= 15 is 0 Å². The minimum atomic E-state index is -0.382. The Morgan fingerprint density at radius 2 is 1.95 bits per heavy atom. The van der Waals surface area contributed by atoms with Gasteiger partial charge in [-0.15, -0.1) is 0 Å². The first kappa shape index (κ1) is 28.6. The summed E-state index contributed by atoms with van der Waals surface area (Å²) in [7, 11) is 2.07. The van der Waals surface area contributed by atoms with Crippen LogP contribution < -0.4 is 0 Å². The first-order valence-electron chi connectivity index (χ1n) is 13.6. The van der Waals surface area contributed by atoms with Crippen molar-refractivity contribution in [1.29, 1.82) is 0 Å². The fraction of sp³-hybridized carbons (Fsp3) is 0.567. The third-order valence-electron chi connectivity index (χ3n) is 7.11. The molecule has 1 fully saturated rings. The number of aromatic nitrogens is 1. The second-order valence-corrected chi connectivity index (χ2v) is 10.3. The summed E-state index contributed by atoms with van der Waals surface area (Å²) in [5.74, 6) is -0.0503. The number of hydrogen-bond donors (Lipinski definition) is 0. The van der Waals surface area contributed by atoms with Crippen LogP contribution in [0.25, 0.3) is 0 Å². The second-order valence-electron chi connectivity index (χ2n) is 10.3. The zero-order valence-corrected chi connectivity index (χ0v) is 22.8. The number of pyridine rings is 1. The molecule has 0 aromatic carbocycles. The van der Waals surface area contributed by atoms with Gasteiger partial charge in [-0.25, -0.2) is 4.79 Å². The summed E-state index contributed by atoms with van der Waals surface area (Å²) in [6, 6.07) is 5.91. The second kappa shape index (κ2) is 14.7. The Bertz CT molecular complexity index is 951. The van der Waals surface area contributed by atoms with E-state index in [2.05, 4.69) is 29.9 Å². The molecule has 0 spiro atoms. The first-order valence-corrected chi connectivity index (χ1v) is 13.6. The molecule has 1 aromatic heterocycles. The number of carbonyl (C=O) groups is 2. The van der Waals surface area contributed by atoms with E-state index in [9.17, 15) is 9.59 Å². The highest BCUT2D eigenvalue weighted by atomic mass is 16.6. The Kier molecular flexibility index (Phi) is 11.4. The molecule has 0 N–H and O–H groups in total. The molecule has 0 bridgehead atoms. The van der Waals surface area contributed by atoms with Crippen molar-refractivity contribution in [2.45, 2.75) is 71.0 Å². The van der Waals surface area contributed by atoms with Crippen LogP contribution in [0.3, 0.4) is 0 Å². The summed E-state index contributed by atoms with van der Waals surface area (Å²) in [5.41, 5.74) is 1.98. The van der Waals surface area contributed by atoms with Crippen LogP contribution in [0.4, 0.5) is 4.79 Å². The molecule has 7 nitrogen and oxygen atoms in total. The maximum Gasteiger partial charge on any atom is 0.410 e. The molecular formula is C30H43N3O4. The highest BCUT2D eigenvalue weighted by molar-refractivity contribution is 5.70. The maximum atomic E-state index is 12.8. The van der Waals surface area contributed by atoms with Gasteiger partial charge in [-0.2, -0.15) is 0 Å². The Labute approximate surface area is 222 Å². The van der Waals surface area contributed by atoms with E-state index in [1.54, 1.807) is 11.1 Å². The van der Waals surface area contributed by atoms with Crippen molar-refractivity contribution in [3.05, 3.63) is 66.0 Å². The van der Waals surface area contributed by atoms with Gasteiger partial charge in [-0.05, 0) is 57.0 Å². The van der Waals surface area contributed by atoms with Crippen molar-refractivity contribution >= 4 is 12.1 Å². The van der Waals surface area contributed by atoms with Crippen molar-refractivity contribution in [3.8, 4) is 0 Å². The van der Waals surface area contributed by atoms with Crippen LogP contribution in [0.5, 0.6) is 0 Å². The van der Waals surface area contributed by atoms with Crippen LogP contribution in [0.15, 0.2) is 60.3 Å². The lowest BCUT2D eigenvalue weighted by Gasteiger charge is -2.32. The van der Waals surface area contributed by atoms with Gasteiger partial charge in [0, 0.05) is 56.3 Å². The van der Waals surface area contributed by atoms with Crippen molar-refractivity contribution < 1.29 is 19.1 Å². The number of cyclic esters (lactones) is 1. The molecule has 0 unspecified atom stereocenters. The zero-order chi connectivity index (χ0) is 26.6. The fourth-order valence-corrected chi connectivity index (χ4v) is 4.61. The van der Waals surface area contributed by atoms with Gasteiger partial charge >= 0.3 is 12.1 Å². The number of ether oxygens (including phenoxy) is 2. The average Bonchev–Trinajstić information content (AvgIpc) is 2.89. The number of likely N-dealkylation sites (N-methyl/N-ethyl adjacent to an activating group) is 1. The number of piperazine rings is 1. The van der Waals surface area contributed by atoms with Gasteiger partial charge in [-0.1, -0.05) is 50.6 Å². The molecule has 4 atom stereocenters. The van der Waals surface area contributed by atoms with Crippen LogP contribution in [0.2, 0.25) is 0 Å². The van der Waals surface area contributed by atoms with Crippen molar-refractivity contribution in [2.24, 2.45) is 5.92 Å². The minimum Gasteiger partial charge on any atom is -0.457 e. The highest BCUT2D eigenvalue weighted by Gasteiger charge is 2.25. The molecule has 1 amide bonds. The van der Waals surface area contributed by atoms with E-state index in [4.69, 9.17) is 9.47 Å². The molecule has 202 valence electrons. The van der Waals surface area contributed by atoms with Gasteiger partial charge < -0.3 is 19.3 Å². The third kappa shape index (κ3) is 9.47. The molecule has 7 heteroatoms. The van der Waals surface area contributed by atoms with E-state index < -0.39 is 0 Å². The molecule has 3 rings (SSSR count). The molecule has 1 saturated heterocycles. The normalized spacial score (nSPS) is 26.6. The van der Waals surface area contributed by atoms with Crippen LogP contribution in [0.1, 0.15) is 64.5 Å². The van der Waals surface area contributed by atoms with Crippen LogP contribution in [-0.4, -0.2) is 72.3 Å². The van der Waals surface area contributed by atoms with E-state index in [1.807, 2.05) is 56.4 Å². The molecular weight excluding hydrogens is 466 g/mol. The van der Waals surface area contributed by atoms with Gasteiger partial charge in [0.15, 0.2) is 0 Å². The molecule has 3 heterocycles. The van der Waals surface area contributed by atoms with E-state index in [1.165, 1.54) is 0 Å². The first-order chi connectivity index (χ1) is 17.8. The summed E-state index contributed by atoms with van der Waals surface area (Å²) >= 11 is 0. The zero-order valence-electron chi connectivity index (χ0n) is 22.8. The average molecular weight is 510 g/mol. The van der Waals surface area contributed by atoms with E-state index in [0.29, 0.717) is 19.5 Å². The van der Waals surface area contributed by atoms with Crippen LogP contribution >= 0.6 is 0 Å². The summed E-state index contributed by atoms with van der Waals surface area (Å²) in [6.07, 6.45) is 14.7. The maximum absolute atomic E-state index is 12.8. The molecule has 0 aliphatic carbocycles. The van der Waals surface area contributed by atoms with Gasteiger partial charge in [0.05, 0.1) is 0 Å². The molecule has 2 aliphatic rings. The topological polar surface area (TPSA) is 72.0 Å². The predicted molar refractivity (Wildman–Crippen MR) is 146 cm³/mol. The van der Waals surface area contributed by atoms with Gasteiger partial charge in [0.1, 0.15) is 12.2 Å². The van der Waals surface area contributed by atoms with E-state index in [-0.39, 0.29) is 36.1 Å². The van der Waals surface area contributed by atoms with Gasteiger partial charge in [0.2, 0.25) is 0 Å². The van der Waals surface area contributed by atoms with E-state index in [0.717, 1.165) is 50.0 Å². The monoisotopic (exact) mass is 509 g/mol. The molecule has 37 heavy (non-hydrogen) atoms. The number of nitrogens with zero attached hydrogens (tertiary/aromatic N) is 3. The molecule has 2 aliphatic heterocycles. The summed E-state index contributed by atoms with van der Waals surface area (Å²) in [5, 5.41) is 0. The summed E-state index contributed by atoms with van der Waals surface area (Å²) in [6.45, 7) is 9.24. The van der Waals surface area contributed by atoms with Crippen LogP contribution in [-0.2, 0) is 14.3 Å². The lowest BCUT2D eigenvalue weighted by atomic mass is 9.95. The van der Waals surface area contributed by atoms with Gasteiger partial charge in [-0.3, -0.25) is 9.78 Å². The minimum absolute atomic E-state index is 0.0638. The van der Waals surface area contributed by atoms with Crippen molar-refractivity contribution in [1.82, 2.24) is 14.8 Å². The number of hydrogen-bond acceptors (Lipinski definition) is 6. The quantitative estimate of drug-likeness (QED) is 0.296. The Morgan fingerprint density at radius 1 is 1.16 bits per heavy atom. The number of esters is 1. The number of allylic oxidation sites excluding steroid dienone is 3. The highest BCUT2D eigenvalue weighted by Crippen LogP contribution is 2.23. The largest absolute Gasteiger partial charge is 0.457 e. The Hall–Kier alpha value is -2.93. The standard InChI is InChI=1S/C30H43N3O4/c1-23(27-14-8-9-18-31-27)11-10-12-24(2)29-25(3)16-17-26(13-6-5-7-15-28(34)37-29)36-30(35)33-21-19-32(4)20-22-33/h8-12,14,16-18,23,25-26,29H,5-7,13,15,19-22H2,1-4H3/b11-10+,17-16-,24-12+/t23-,25+,26-,29-/m1/s1. The van der Waals surface area contributed by atoms with Gasteiger partial charge in [0.25, 0.3) is 0 Å². The van der Waals surface area contributed by atoms with Crippen molar-refractivity contribution in [3.63, 3.8) is 0 Å². The molecule has 0 saturated carbocycles. The summed E-state index contributed by atoms with van der Waals surface area (Å²) < 4.78 is 11.8. The predicted octanol–water partition coefficient (Wildman–Crippen LogP) is 5.51. The number of rotatable bonds is 5. The molecule has 1 aromatic rings. The summed E-state index contributed by atoms with van der Waals surface area (Å²) in [4.78, 5) is 33.8. The number of amides is 1. The smallest absolute Gasteiger partial charge is 0.410 e. The fourth-order valence-electron chi connectivity index (χ4n) is 4.61. The lowest BCUT2D eigenvalue weighted by molar-refractivity contribution is -0.148. The SMILES string of the molecule is C/C(=C\C=C\[C@@H](C)c1ccccn1)[C@H]1OC(=O)CCCCC[C@@H](OC(=O)N2CCN(C)CC2)/C=C\[C@@H]1C. The Balaban J connectivity index is 1.69. The van der Waals surface area contributed by atoms with Crippen LogP contribution in [0, 0.1) is 5.92 Å². The number of carbonyl (C=O) groups excluding carboxylic acids is 2. The van der Waals surface area contributed by atoms with Crippen molar-refractivity contribution in [2.75, 3.05) is 33.2 Å². The lowest BCUT2D eigenvalue weighted by Crippen LogP contribution is -2.47.